The van der Waals surface area contributed by atoms with Gasteiger partial charge in [-0.2, -0.15) is 0 Å². The molecule has 0 radical (unpaired) electrons. The van der Waals surface area contributed by atoms with E-state index in [2.05, 4.69) is 42.8 Å². The molecule has 0 amide bonds. The maximum absolute atomic E-state index is 13.2. The molecule has 2 N–H and O–H groups in total. The molecule has 1 fully saturated rings. The minimum Gasteiger partial charge on any atom is -0.493 e. The second-order valence-corrected chi connectivity index (χ2v) is 9.99. The molecule has 1 aromatic carbocycles. The lowest BCUT2D eigenvalue weighted by molar-refractivity contribution is 0.0792. The minimum atomic E-state index is -0.215. The first kappa shape index (κ1) is 24.4. The summed E-state index contributed by atoms with van der Waals surface area (Å²) in [4.78, 5) is 23.3. The van der Waals surface area contributed by atoms with Crippen LogP contribution < -0.4 is 10.3 Å². The van der Waals surface area contributed by atoms with Crippen molar-refractivity contribution in [2.45, 2.75) is 78.4 Å². The fourth-order valence-electron chi connectivity index (χ4n) is 4.94. The Labute approximate surface area is 201 Å². The SMILES string of the molecule is CCCC(C)(C)c1nc(C)c2c(=O)[nH]c(-c3cc(CN4CCC(O)CC4)ccc3OCC)nn12. The molecule has 34 heavy (non-hydrogen) atoms. The van der Waals surface area contributed by atoms with Gasteiger partial charge in [-0.25, -0.2) is 9.50 Å². The highest BCUT2D eigenvalue weighted by Gasteiger charge is 2.28. The largest absolute Gasteiger partial charge is 0.493 e. The fraction of sp³-hybridized carbons (Fsp3) is 0.577. The molecule has 0 bridgehead atoms. The lowest BCUT2D eigenvalue weighted by Crippen LogP contribution is -2.35. The third kappa shape index (κ3) is 4.88. The number of ether oxygens (including phenoxy) is 1. The summed E-state index contributed by atoms with van der Waals surface area (Å²) in [7, 11) is 0. The molecule has 4 rings (SSSR count). The second kappa shape index (κ2) is 9.88. The predicted molar refractivity (Wildman–Crippen MR) is 133 cm³/mol. The van der Waals surface area contributed by atoms with Gasteiger partial charge in [-0.05, 0) is 50.8 Å². The number of imidazole rings is 1. The number of H-pyrrole nitrogens is 1. The van der Waals surface area contributed by atoms with Crippen LogP contribution in [0.25, 0.3) is 16.9 Å². The van der Waals surface area contributed by atoms with Gasteiger partial charge in [0.25, 0.3) is 5.56 Å². The molecular formula is C26H37N5O3. The lowest BCUT2D eigenvalue weighted by atomic mass is 9.87. The maximum atomic E-state index is 13.2. The van der Waals surface area contributed by atoms with Crippen molar-refractivity contribution in [1.29, 1.82) is 0 Å². The van der Waals surface area contributed by atoms with E-state index in [0.717, 1.165) is 62.3 Å². The summed E-state index contributed by atoms with van der Waals surface area (Å²) < 4.78 is 7.64. The molecule has 3 heterocycles. The summed E-state index contributed by atoms with van der Waals surface area (Å²) in [5.41, 5.74) is 2.64. The summed E-state index contributed by atoms with van der Waals surface area (Å²) in [6.07, 6.45) is 3.36. The number of aromatic amines is 1. The van der Waals surface area contributed by atoms with E-state index in [4.69, 9.17) is 14.8 Å². The van der Waals surface area contributed by atoms with Gasteiger partial charge in [0.05, 0.1) is 24.0 Å². The van der Waals surface area contributed by atoms with Crippen molar-refractivity contribution in [2.24, 2.45) is 0 Å². The topological polar surface area (TPSA) is 95.8 Å². The van der Waals surface area contributed by atoms with Gasteiger partial charge in [0, 0.05) is 25.0 Å². The standard InChI is InChI=1S/C26H37N5O3/c1-6-12-26(4,5)25-27-17(3)22-24(33)28-23(29-31(22)25)20-15-18(8-9-21(20)34-7-2)16-30-13-10-19(32)11-14-30/h8-9,15,19,32H,6-7,10-14,16H2,1-5H3,(H,28,29,33). The Balaban J connectivity index is 1.79. The second-order valence-electron chi connectivity index (χ2n) is 9.99. The molecule has 1 aliphatic heterocycles. The van der Waals surface area contributed by atoms with Crippen LogP contribution in [0.15, 0.2) is 23.0 Å². The maximum Gasteiger partial charge on any atom is 0.277 e. The van der Waals surface area contributed by atoms with Crippen molar-refractivity contribution in [3.05, 3.63) is 45.6 Å². The number of aryl methyl sites for hydroxylation is 1. The van der Waals surface area contributed by atoms with Crippen LogP contribution in [0, 0.1) is 6.92 Å². The average molecular weight is 468 g/mol. The zero-order chi connectivity index (χ0) is 24.5. The van der Waals surface area contributed by atoms with Crippen molar-refractivity contribution in [3.8, 4) is 17.1 Å². The summed E-state index contributed by atoms with van der Waals surface area (Å²) in [5, 5.41) is 14.7. The molecule has 8 nitrogen and oxygen atoms in total. The Morgan fingerprint density at radius 1 is 1.24 bits per heavy atom. The molecule has 1 saturated heterocycles. The first-order valence-corrected chi connectivity index (χ1v) is 12.4. The zero-order valence-corrected chi connectivity index (χ0v) is 21.0. The first-order chi connectivity index (χ1) is 16.2. The Hall–Kier alpha value is -2.71. The molecule has 1 aliphatic rings. The molecule has 0 aliphatic carbocycles. The highest BCUT2D eigenvalue weighted by atomic mass is 16.5. The first-order valence-electron chi connectivity index (χ1n) is 12.4. The number of rotatable bonds is 8. The smallest absolute Gasteiger partial charge is 0.277 e. The molecule has 0 atom stereocenters. The Bertz CT molecular complexity index is 1210. The van der Waals surface area contributed by atoms with E-state index in [9.17, 15) is 9.90 Å². The molecule has 3 aromatic rings. The number of nitrogens with one attached hydrogen (secondary N) is 1. The van der Waals surface area contributed by atoms with E-state index < -0.39 is 0 Å². The quantitative estimate of drug-likeness (QED) is 0.523. The van der Waals surface area contributed by atoms with E-state index in [-0.39, 0.29) is 17.1 Å². The molecule has 0 unspecified atom stereocenters. The number of nitrogens with zero attached hydrogens (tertiary/aromatic N) is 4. The van der Waals surface area contributed by atoms with E-state index in [1.807, 2.05) is 19.9 Å². The number of hydrogen-bond acceptors (Lipinski definition) is 6. The van der Waals surface area contributed by atoms with Crippen LogP contribution in [0.1, 0.15) is 70.5 Å². The van der Waals surface area contributed by atoms with Gasteiger partial charge in [-0.15, -0.1) is 5.10 Å². The van der Waals surface area contributed by atoms with Crippen molar-refractivity contribution < 1.29 is 9.84 Å². The Kier molecular flexibility index (Phi) is 7.09. The minimum absolute atomic E-state index is 0.196. The van der Waals surface area contributed by atoms with E-state index >= 15 is 0 Å². The van der Waals surface area contributed by atoms with Gasteiger partial charge in [0.2, 0.25) is 0 Å². The third-order valence-electron chi connectivity index (χ3n) is 6.72. The summed E-state index contributed by atoms with van der Waals surface area (Å²) in [6, 6.07) is 6.08. The van der Waals surface area contributed by atoms with Crippen LogP contribution >= 0.6 is 0 Å². The van der Waals surface area contributed by atoms with Crippen LogP contribution in [0.2, 0.25) is 0 Å². The number of aliphatic hydroxyl groups is 1. The number of aliphatic hydroxyl groups excluding tert-OH is 1. The van der Waals surface area contributed by atoms with Crippen LogP contribution in [-0.4, -0.2) is 55.4 Å². The van der Waals surface area contributed by atoms with Gasteiger partial charge in [0.1, 0.15) is 11.6 Å². The Morgan fingerprint density at radius 2 is 1.97 bits per heavy atom. The van der Waals surface area contributed by atoms with Crippen molar-refractivity contribution in [2.75, 3.05) is 19.7 Å². The summed E-state index contributed by atoms with van der Waals surface area (Å²) in [6.45, 7) is 13.3. The highest BCUT2D eigenvalue weighted by molar-refractivity contribution is 5.66. The average Bonchev–Trinajstić information content (AvgIpc) is 3.14. The molecule has 0 spiro atoms. The van der Waals surface area contributed by atoms with Crippen molar-refractivity contribution in [3.63, 3.8) is 0 Å². The summed E-state index contributed by atoms with van der Waals surface area (Å²) in [5.74, 6) is 1.96. The van der Waals surface area contributed by atoms with Gasteiger partial charge >= 0.3 is 0 Å². The zero-order valence-electron chi connectivity index (χ0n) is 21.0. The highest BCUT2D eigenvalue weighted by Crippen LogP contribution is 2.31. The molecule has 8 heteroatoms. The van der Waals surface area contributed by atoms with Crippen LogP contribution in [0.3, 0.4) is 0 Å². The number of fused-ring (bicyclic) bond motifs is 1. The molecule has 0 saturated carbocycles. The Morgan fingerprint density at radius 3 is 2.65 bits per heavy atom. The molecule has 2 aromatic heterocycles. The van der Waals surface area contributed by atoms with E-state index in [0.29, 0.717) is 29.4 Å². The number of benzene rings is 1. The normalized spacial score (nSPS) is 15.8. The van der Waals surface area contributed by atoms with Crippen molar-refractivity contribution >= 4 is 5.52 Å². The third-order valence-corrected chi connectivity index (χ3v) is 6.72. The predicted octanol–water partition coefficient (Wildman–Crippen LogP) is 3.83. The van der Waals surface area contributed by atoms with Gasteiger partial charge in [-0.1, -0.05) is 33.3 Å². The number of piperidine rings is 1. The van der Waals surface area contributed by atoms with Gasteiger partial charge in [0.15, 0.2) is 11.3 Å². The van der Waals surface area contributed by atoms with Crippen molar-refractivity contribution in [1.82, 2.24) is 24.5 Å². The number of likely N-dealkylation sites (tertiary alicyclic amines) is 1. The number of aromatic nitrogens is 4. The summed E-state index contributed by atoms with van der Waals surface area (Å²) >= 11 is 0. The monoisotopic (exact) mass is 467 g/mol. The van der Waals surface area contributed by atoms with Gasteiger partial charge in [-0.3, -0.25) is 9.69 Å². The number of hydrogen-bond donors (Lipinski definition) is 2. The van der Waals surface area contributed by atoms with Crippen LogP contribution in [0.5, 0.6) is 5.75 Å². The lowest BCUT2D eigenvalue weighted by Gasteiger charge is -2.29. The molecule has 184 valence electrons. The van der Waals surface area contributed by atoms with E-state index in [1.165, 1.54) is 0 Å². The molecular weight excluding hydrogens is 430 g/mol. The van der Waals surface area contributed by atoms with Gasteiger partial charge < -0.3 is 14.8 Å². The van der Waals surface area contributed by atoms with Crippen LogP contribution in [0.4, 0.5) is 0 Å². The van der Waals surface area contributed by atoms with Crippen LogP contribution in [-0.2, 0) is 12.0 Å². The van der Waals surface area contributed by atoms with E-state index in [1.54, 1.807) is 4.52 Å². The fourth-order valence-corrected chi connectivity index (χ4v) is 4.94.